The van der Waals surface area contributed by atoms with Gasteiger partial charge in [0.2, 0.25) is 0 Å². The number of benzene rings is 2. The Kier molecular flexibility index (Phi) is 5.18. The Hall–Kier alpha value is -3.20. The first-order chi connectivity index (χ1) is 13.3. The summed E-state index contributed by atoms with van der Waals surface area (Å²) >= 11 is 0. The summed E-state index contributed by atoms with van der Waals surface area (Å²) in [6.07, 6.45) is -2.99. The zero-order chi connectivity index (χ0) is 20.1. The number of amides is 2. The molecule has 0 bridgehead atoms. The second kappa shape index (κ2) is 7.32. The molecule has 0 saturated heterocycles. The van der Waals surface area contributed by atoms with Gasteiger partial charge in [0.25, 0.3) is 11.8 Å². The monoisotopic (exact) mass is 405 g/mol. The van der Waals surface area contributed by atoms with E-state index >= 15 is 0 Å². The minimum absolute atomic E-state index is 0. The molecular formula is C20H18F3N3O3. The number of hydrogen-bond acceptors (Lipinski definition) is 3. The topological polar surface area (TPSA) is 97.6 Å². The summed E-state index contributed by atoms with van der Waals surface area (Å²) in [7, 11) is 0. The third-order valence-corrected chi connectivity index (χ3v) is 4.89. The second-order valence-electron chi connectivity index (χ2n) is 6.67. The van der Waals surface area contributed by atoms with E-state index in [2.05, 4.69) is 5.10 Å². The number of aromatic nitrogens is 2. The van der Waals surface area contributed by atoms with Gasteiger partial charge < -0.3 is 5.48 Å². The fourth-order valence-electron chi connectivity index (χ4n) is 3.49. The van der Waals surface area contributed by atoms with Gasteiger partial charge in [0.15, 0.2) is 0 Å². The van der Waals surface area contributed by atoms with Gasteiger partial charge in [0.1, 0.15) is 5.69 Å². The van der Waals surface area contributed by atoms with E-state index in [9.17, 15) is 22.8 Å². The van der Waals surface area contributed by atoms with E-state index in [1.54, 1.807) is 30.3 Å². The van der Waals surface area contributed by atoms with Gasteiger partial charge in [-0.05, 0) is 30.0 Å². The molecule has 0 radical (unpaired) electrons. The van der Waals surface area contributed by atoms with Crippen LogP contribution in [0.15, 0.2) is 36.4 Å². The third-order valence-electron chi connectivity index (χ3n) is 4.89. The SMILES string of the molecule is CCCCN1C(=O)c2cccc3c(-c4cc(C(F)(F)F)[nH]n4)ccc(c23)C1=O.O. The van der Waals surface area contributed by atoms with Crippen molar-refractivity contribution in [2.75, 3.05) is 6.54 Å². The first-order valence-corrected chi connectivity index (χ1v) is 8.88. The lowest BCUT2D eigenvalue weighted by molar-refractivity contribution is -0.141. The minimum Gasteiger partial charge on any atom is -0.412 e. The van der Waals surface area contributed by atoms with Crippen LogP contribution in [-0.2, 0) is 6.18 Å². The van der Waals surface area contributed by atoms with Crippen LogP contribution in [0.25, 0.3) is 22.0 Å². The van der Waals surface area contributed by atoms with Gasteiger partial charge in [0, 0.05) is 28.6 Å². The van der Waals surface area contributed by atoms with E-state index in [0.29, 0.717) is 40.4 Å². The quantitative estimate of drug-likeness (QED) is 0.668. The Morgan fingerprint density at radius 3 is 2.31 bits per heavy atom. The highest BCUT2D eigenvalue weighted by molar-refractivity contribution is 6.26. The van der Waals surface area contributed by atoms with Crippen LogP contribution in [0, 0.1) is 0 Å². The van der Waals surface area contributed by atoms with E-state index in [4.69, 9.17) is 0 Å². The molecular weight excluding hydrogens is 387 g/mol. The van der Waals surface area contributed by atoms with Crippen molar-refractivity contribution in [3.8, 4) is 11.3 Å². The molecule has 152 valence electrons. The standard InChI is InChI=1S/C20H16F3N3O2.H2O/c1-2-3-9-26-18(27)13-6-4-5-12-11(7-8-14(17(12)13)19(26)28)15-10-16(25-24-15)20(21,22)23;/h4-8,10H,2-3,9H2,1H3,(H,24,25);1H2. The largest absolute Gasteiger partial charge is 0.432 e. The Bertz CT molecular complexity index is 1080. The maximum atomic E-state index is 12.9. The van der Waals surface area contributed by atoms with Crippen LogP contribution in [0.2, 0.25) is 0 Å². The van der Waals surface area contributed by atoms with Crippen LogP contribution in [0.4, 0.5) is 13.2 Å². The summed E-state index contributed by atoms with van der Waals surface area (Å²) in [4.78, 5) is 26.9. The fraction of sp³-hybridized carbons (Fsp3) is 0.250. The van der Waals surface area contributed by atoms with Crippen LogP contribution in [0.1, 0.15) is 46.2 Å². The summed E-state index contributed by atoms with van der Waals surface area (Å²) in [5.41, 5.74) is 0.313. The average molecular weight is 405 g/mol. The summed E-state index contributed by atoms with van der Waals surface area (Å²) in [6, 6.07) is 9.02. The van der Waals surface area contributed by atoms with Crippen LogP contribution in [0.3, 0.4) is 0 Å². The molecule has 9 heteroatoms. The first-order valence-electron chi connectivity index (χ1n) is 8.88. The lowest BCUT2D eigenvalue weighted by atomic mass is 9.90. The van der Waals surface area contributed by atoms with Crippen molar-refractivity contribution < 1.29 is 28.2 Å². The number of imide groups is 1. The van der Waals surface area contributed by atoms with Gasteiger partial charge in [-0.1, -0.05) is 31.5 Å². The number of carbonyl (C=O) groups is 2. The molecule has 0 atom stereocenters. The predicted octanol–water partition coefficient (Wildman–Crippen LogP) is 3.82. The van der Waals surface area contributed by atoms with Crippen LogP contribution >= 0.6 is 0 Å². The lowest BCUT2D eigenvalue weighted by Crippen LogP contribution is -2.40. The van der Waals surface area contributed by atoms with Crippen molar-refractivity contribution in [3.05, 3.63) is 53.2 Å². The van der Waals surface area contributed by atoms with E-state index in [0.717, 1.165) is 12.5 Å². The molecule has 29 heavy (non-hydrogen) atoms. The number of rotatable bonds is 4. The molecule has 3 aromatic rings. The van der Waals surface area contributed by atoms with Gasteiger partial charge in [-0.25, -0.2) is 0 Å². The van der Waals surface area contributed by atoms with Crippen LogP contribution in [0.5, 0.6) is 0 Å². The normalized spacial score (nSPS) is 13.7. The molecule has 0 spiro atoms. The van der Waals surface area contributed by atoms with Crippen molar-refractivity contribution in [2.24, 2.45) is 0 Å². The molecule has 0 unspecified atom stereocenters. The number of nitrogens with one attached hydrogen (secondary N) is 1. The first kappa shape index (κ1) is 20.5. The number of aromatic amines is 1. The highest BCUT2D eigenvalue weighted by Crippen LogP contribution is 2.37. The van der Waals surface area contributed by atoms with Gasteiger partial charge in [-0.2, -0.15) is 18.3 Å². The zero-order valence-corrected chi connectivity index (χ0v) is 15.4. The highest BCUT2D eigenvalue weighted by atomic mass is 19.4. The number of nitrogens with zero attached hydrogens (tertiary/aromatic N) is 2. The maximum Gasteiger partial charge on any atom is 0.432 e. The van der Waals surface area contributed by atoms with Gasteiger partial charge in [0.05, 0.1) is 5.69 Å². The Morgan fingerprint density at radius 2 is 1.69 bits per heavy atom. The van der Waals surface area contributed by atoms with E-state index < -0.39 is 11.9 Å². The lowest BCUT2D eigenvalue weighted by Gasteiger charge is -2.27. The van der Waals surface area contributed by atoms with Crippen molar-refractivity contribution in [1.29, 1.82) is 0 Å². The molecule has 2 heterocycles. The van der Waals surface area contributed by atoms with Crippen LogP contribution < -0.4 is 0 Å². The molecule has 0 fully saturated rings. The van der Waals surface area contributed by atoms with Gasteiger partial charge in [-0.3, -0.25) is 19.6 Å². The number of H-pyrrole nitrogens is 1. The van der Waals surface area contributed by atoms with Crippen molar-refractivity contribution >= 4 is 22.6 Å². The average Bonchev–Trinajstić information content (AvgIpc) is 3.16. The Morgan fingerprint density at radius 1 is 1.03 bits per heavy atom. The Labute approximate surface area is 163 Å². The molecule has 2 aromatic carbocycles. The Balaban J connectivity index is 0.00000240. The third kappa shape index (κ3) is 3.27. The number of alkyl halides is 3. The number of halogens is 3. The maximum absolute atomic E-state index is 12.9. The fourth-order valence-corrected chi connectivity index (χ4v) is 3.49. The predicted molar refractivity (Wildman–Crippen MR) is 100 cm³/mol. The molecule has 1 aliphatic heterocycles. The summed E-state index contributed by atoms with van der Waals surface area (Å²) < 4.78 is 38.7. The zero-order valence-electron chi connectivity index (χ0n) is 15.4. The molecule has 2 amide bonds. The summed E-state index contributed by atoms with van der Waals surface area (Å²) in [6.45, 7) is 2.30. The van der Waals surface area contributed by atoms with Crippen molar-refractivity contribution in [3.63, 3.8) is 0 Å². The van der Waals surface area contributed by atoms with Gasteiger partial charge >= 0.3 is 6.18 Å². The van der Waals surface area contributed by atoms with Crippen molar-refractivity contribution in [2.45, 2.75) is 25.9 Å². The van der Waals surface area contributed by atoms with Gasteiger partial charge in [-0.15, -0.1) is 0 Å². The highest BCUT2D eigenvalue weighted by Gasteiger charge is 2.35. The number of carbonyl (C=O) groups excluding carboxylic acids is 2. The molecule has 6 nitrogen and oxygen atoms in total. The summed E-state index contributed by atoms with van der Waals surface area (Å²) in [5.74, 6) is -0.765. The molecule has 1 aliphatic rings. The van der Waals surface area contributed by atoms with E-state index in [-0.39, 0.29) is 23.0 Å². The molecule has 1 aromatic heterocycles. The number of hydrogen-bond donors (Lipinski definition) is 1. The van der Waals surface area contributed by atoms with E-state index in [1.807, 2.05) is 12.0 Å². The second-order valence-corrected chi connectivity index (χ2v) is 6.67. The smallest absolute Gasteiger partial charge is 0.412 e. The number of unbranched alkanes of at least 4 members (excludes halogenated alkanes) is 1. The van der Waals surface area contributed by atoms with Crippen LogP contribution in [-0.4, -0.2) is 38.9 Å². The van der Waals surface area contributed by atoms with Crippen molar-refractivity contribution in [1.82, 2.24) is 15.1 Å². The van der Waals surface area contributed by atoms with E-state index in [1.165, 1.54) is 4.90 Å². The molecule has 0 saturated carbocycles. The summed E-state index contributed by atoms with van der Waals surface area (Å²) in [5, 5.41) is 6.75. The molecule has 0 aliphatic carbocycles. The molecule has 3 N–H and O–H groups in total. The molecule has 4 rings (SSSR count). The minimum atomic E-state index is -4.54.